The molecule has 0 N–H and O–H groups in total. The lowest BCUT2D eigenvalue weighted by atomic mass is 10.0. The van der Waals surface area contributed by atoms with Gasteiger partial charge in [0.25, 0.3) is 0 Å². The lowest BCUT2D eigenvalue weighted by Crippen LogP contribution is -2.17. The van der Waals surface area contributed by atoms with Gasteiger partial charge in [0, 0.05) is 13.2 Å². The highest BCUT2D eigenvalue weighted by Gasteiger charge is 2.01. The second-order valence-corrected chi connectivity index (χ2v) is 8.89. The Kier molecular flexibility index (Phi) is 22.1. The van der Waals surface area contributed by atoms with Crippen LogP contribution in [0.15, 0.2) is 0 Å². The Balaban J connectivity index is 3.07. The second kappa shape index (κ2) is 22.2. The molecule has 0 spiro atoms. The molecule has 0 heterocycles. The Labute approximate surface area is 172 Å². The lowest BCUT2D eigenvalue weighted by molar-refractivity contribution is -0.00831. The molecule has 0 aromatic heterocycles. The van der Waals surface area contributed by atoms with Gasteiger partial charge in [-0.15, -0.1) is 0 Å². The van der Waals surface area contributed by atoms with Crippen molar-refractivity contribution in [3.05, 3.63) is 0 Å². The molecule has 2 nitrogen and oxygen atoms in total. The summed E-state index contributed by atoms with van der Waals surface area (Å²) in [5, 5.41) is 0. The van der Waals surface area contributed by atoms with Crippen molar-refractivity contribution in [2.24, 2.45) is 5.92 Å². The summed E-state index contributed by atoms with van der Waals surface area (Å²) < 4.78 is 11.4. The van der Waals surface area contributed by atoms with Gasteiger partial charge in [0.1, 0.15) is 0 Å². The maximum absolute atomic E-state index is 5.72. The zero-order chi connectivity index (χ0) is 20.0. The van der Waals surface area contributed by atoms with Gasteiger partial charge in [0.15, 0.2) is 0 Å². The Morgan fingerprint density at radius 3 is 1.52 bits per heavy atom. The molecule has 0 aliphatic rings. The van der Waals surface area contributed by atoms with Crippen molar-refractivity contribution in [3.8, 4) is 0 Å². The largest absolute Gasteiger partial charge is 0.379 e. The minimum absolute atomic E-state index is 0.247. The predicted octanol–water partition coefficient (Wildman–Crippen LogP) is 8.33. The summed E-state index contributed by atoms with van der Waals surface area (Å²) in [6.07, 6.45) is 22.4. The molecule has 0 rings (SSSR count). The van der Waals surface area contributed by atoms with Gasteiger partial charge in [-0.1, -0.05) is 111 Å². The molecule has 0 bridgehead atoms. The molecule has 0 fully saturated rings. The van der Waals surface area contributed by atoms with Gasteiger partial charge in [0.05, 0.1) is 12.7 Å². The molecule has 0 amide bonds. The Morgan fingerprint density at radius 1 is 0.556 bits per heavy atom. The summed E-state index contributed by atoms with van der Waals surface area (Å²) in [6, 6.07) is 0. The zero-order valence-corrected chi connectivity index (χ0v) is 19.4. The van der Waals surface area contributed by atoms with E-state index >= 15 is 0 Å². The van der Waals surface area contributed by atoms with Crippen LogP contribution in [-0.2, 0) is 9.47 Å². The van der Waals surface area contributed by atoms with Gasteiger partial charge in [-0.2, -0.15) is 0 Å². The second-order valence-electron chi connectivity index (χ2n) is 8.89. The average Bonchev–Trinajstić information content (AvgIpc) is 2.64. The first-order chi connectivity index (χ1) is 13.2. The molecule has 0 saturated carbocycles. The first kappa shape index (κ1) is 26.9. The SMILES string of the molecule is CCCCOC(C)COCCCCCCCCCCCCCCCC(C)C. The minimum atomic E-state index is 0.247. The summed E-state index contributed by atoms with van der Waals surface area (Å²) in [5.41, 5.74) is 0. The molecule has 0 aliphatic carbocycles. The smallest absolute Gasteiger partial charge is 0.0780 e. The maximum atomic E-state index is 5.72. The van der Waals surface area contributed by atoms with Crippen LogP contribution in [-0.4, -0.2) is 25.9 Å². The van der Waals surface area contributed by atoms with Crippen LogP contribution in [0.5, 0.6) is 0 Å². The highest BCUT2D eigenvalue weighted by Crippen LogP contribution is 2.14. The molecule has 0 radical (unpaired) electrons. The van der Waals surface area contributed by atoms with Crippen LogP contribution < -0.4 is 0 Å². The van der Waals surface area contributed by atoms with Crippen molar-refractivity contribution in [2.75, 3.05) is 19.8 Å². The first-order valence-electron chi connectivity index (χ1n) is 12.4. The molecular weight excluding hydrogens is 332 g/mol. The summed E-state index contributed by atoms with van der Waals surface area (Å²) in [4.78, 5) is 0. The minimum Gasteiger partial charge on any atom is -0.379 e. The van der Waals surface area contributed by atoms with Crippen LogP contribution in [0.4, 0.5) is 0 Å². The third kappa shape index (κ3) is 23.9. The average molecular weight is 385 g/mol. The van der Waals surface area contributed by atoms with Crippen LogP contribution >= 0.6 is 0 Å². The lowest BCUT2D eigenvalue weighted by Gasteiger charge is -2.13. The summed E-state index contributed by atoms with van der Waals surface area (Å²) in [6.45, 7) is 11.5. The first-order valence-corrected chi connectivity index (χ1v) is 12.4. The molecule has 2 heteroatoms. The fraction of sp³-hybridized carbons (Fsp3) is 1.00. The summed E-state index contributed by atoms with van der Waals surface area (Å²) >= 11 is 0. The van der Waals surface area contributed by atoms with Crippen LogP contribution in [0.1, 0.15) is 130 Å². The molecular formula is C25H52O2. The normalized spacial score (nSPS) is 12.8. The Morgan fingerprint density at radius 2 is 1.04 bits per heavy atom. The van der Waals surface area contributed by atoms with E-state index in [9.17, 15) is 0 Å². The standard InChI is InChI=1S/C25H52O2/c1-5-6-22-27-25(4)23-26-21-19-17-15-13-11-9-7-8-10-12-14-16-18-20-24(2)3/h24-25H,5-23H2,1-4H3. The van der Waals surface area contributed by atoms with E-state index in [1.807, 2.05) is 0 Å². The predicted molar refractivity (Wildman–Crippen MR) is 121 cm³/mol. The van der Waals surface area contributed by atoms with E-state index in [4.69, 9.17) is 9.47 Å². The monoisotopic (exact) mass is 384 g/mol. The van der Waals surface area contributed by atoms with E-state index in [0.717, 1.165) is 32.2 Å². The Bertz CT molecular complexity index is 265. The quantitative estimate of drug-likeness (QED) is 0.175. The molecule has 27 heavy (non-hydrogen) atoms. The van der Waals surface area contributed by atoms with Crippen LogP contribution in [0.25, 0.3) is 0 Å². The van der Waals surface area contributed by atoms with Gasteiger partial charge in [-0.25, -0.2) is 0 Å². The van der Waals surface area contributed by atoms with Crippen molar-refractivity contribution in [1.29, 1.82) is 0 Å². The molecule has 0 aromatic rings. The fourth-order valence-electron chi connectivity index (χ4n) is 3.43. The molecule has 0 aromatic carbocycles. The van der Waals surface area contributed by atoms with Gasteiger partial charge >= 0.3 is 0 Å². The third-order valence-corrected chi connectivity index (χ3v) is 5.32. The number of hydrogen-bond donors (Lipinski definition) is 0. The number of rotatable bonds is 22. The van der Waals surface area contributed by atoms with E-state index in [2.05, 4.69) is 27.7 Å². The number of hydrogen-bond acceptors (Lipinski definition) is 2. The molecule has 1 unspecified atom stereocenters. The molecule has 1 atom stereocenters. The highest BCUT2D eigenvalue weighted by molar-refractivity contribution is 4.51. The van der Waals surface area contributed by atoms with Crippen molar-refractivity contribution in [1.82, 2.24) is 0 Å². The number of unbranched alkanes of at least 4 members (excludes halogenated alkanes) is 13. The highest BCUT2D eigenvalue weighted by atomic mass is 16.5. The molecule has 164 valence electrons. The van der Waals surface area contributed by atoms with Gasteiger partial charge in [-0.3, -0.25) is 0 Å². The van der Waals surface area contributed by atoms with Crippen LogP contribution in [0.2, 0.25) is 0 Å². The van der Waals surface area contributed by atoms with Crippen molar-refractivity contribution >= 4 is 0 Å². The number of ether oxygens (including phenoxy) is 2. The summed E-state index contributed by atoms with van der Waals surface area (Å²) in [7, 11) is 0. The summed E-state index contributed by atoms with van der Waals surface area (Å²) in [5.74, 6) is 0.885. The zero-order valence-electron chi connectivity index (χ0n) is 19.4. The van der Waals surface area contributed by atoms with Gasteiger partial charge < -0.3 is 9.47 Å². The van der Waals surface area contributed by atoms with E-state index < -0.39 is 0 Å². The maximum Gasteiger partial charge on any atom is 0.0780 e. The van der Waals surface area contributed by atoms with Gasteiger partial charge in [0.2, 0.25) is 0 Å². The molecule has 0 aliphatic heterocycles. The van der Waals surface area contributed by atoms with Crippen LogP contribution in [0.3, 0.4) is 0 Å². The third-order valence-electron chi connectivity index (χ3n) is 5.32. The fourth-order valence-corrected chi connectivity index (χ4v) is 3.43. The Hall–Kier alpha value is -0.0800. The van der Waals surface area contributed by atoms with Crippen LogP contribution in [0, 0.1) is 5.92 Å². The molecule has 0 saturated heterocycles. The van der Waals surface area contributed by atoms with E-state index in [1.54, 1.807) is 0 Å². The van der Waals surface area contributed by atoms with Crippen molar-refractivity contribution < 1.29 is 9.47 Å². The topological polar surface area (TPSA) is 18.5 Å². The van der Waals surface area contributed by atoms with Gasteiger partial charge in [-0.05, 0) is 25.7 Å². The van der Waals surface area contributed by atoms with Crippen molar-refractivity contribution in [3.63, 3.8) is 0 Å². The van der Waals surface area contributed by atoms with E-state index in [1.165, 1.54) is 96.3 Å². The van der Waals surface area contributed by atoms with E-state index in [-0.39, 0.29) is 6.10 Å². The van der Waals surface area contributed by atoms with E-state index in [0.29, 0.717) is 0 Å². The van der Waals surface area contributed by atoms with Crippen molar-refractivity contribution in [2.45, 2.75) is 137 Å².